The van der Waals surface area contributed by atoms with E-state index in [2.05, 4.69) is 19.2 Å². The van der Waals surface area contributed by atoms with Crippen molar-refractivity contribution in [1.82, 2.24) is 4.90 Å². The van der Waals surface area contributed by atoms with Crippen molar-refractivity contribution < 1.29 is 4.79 Å². The number of carbonyl (C=O) groups is 1. The van der Waals surface area contributed by atoms with Crippen LogP contribution in [0.1, 0.15) is 38.7 Å². The maximum Gasteiger partial charge on any atom is 0.322 e. The molecular formula is C15H22N2O. The lowest BCUT2D eigenvalue weighted by Crippen LogP contribution is -2.49. The number of carbonyl (C=O) groups excluding carboxylic acids is 1. The standard InChI is InChI=1S/C15H22N2O/c1-11-7-4-5-10-14(11)16-15(18)17-12(2)8-6-9-13(17)3/h4-5,7,10,12-13H,6,8-9H2,1-3H3,(H,16,18)/t12-,13+. The average Bonchev–Trinajstić information content (AvgIpc) is 2.32. The van der Waals surface area contributed by atoms with Crippen molar-refractivity contribution in [3.63, 3.8) is 0 Å². The zero-order chi connectivity index (χ0) is 13.1. The highest BCUT2D eigenvalue weighted by molar-refractivity contribution is 5.90. The zero-order valence-corrected chi connectivity index (χ0v) is 11.4. The van der Waals surface area contributed by atoms with Crippen molar-refractivity contribution in [3.8, 4) is 0 Å². The molecule has 0 radical (unpaired) electrons. The van der Waals surface area contributed by atoms with Gasteiger partial charge in [0.05, 0.1) is 0 Å². The Kier molecular flexibility index (Phi) is 3.90. The summed E-state index contributed by atoms with van der Waals surface area (Å²) in [5, 5.41) is 3.03. The minimum Gasteiger partial charge on any atom is -0.319 e. The quantitative estimate of drug-likeness (QED) is 0.803. The molecule has 1 aliphatic heterocycles. The number of aryl methyl sites for hydroxylation is 1. The lowest BCUT2D eigenvalue weighted by Gasteiger charge is -2.39. The van der Waals surface area contributed by atoms with E-state index in [4.69, 9.17) is 0 Å². The average molecular weight is 246 g/mol. The Morgan fingerprint density at radius 2 is 1.83 bits per heavy atom. The van der Waals surface area contributed by atoms with E-state index in [1.807, 2.05) is 36.1 Å². The van der Waals surface area contributed by atoms with Crippen LogP contribution in [-0.4, -0.2) is 23.0 Å². The maximum atomic E-state index is 12.4. The summed E-state index contributed by atoms with van der Waals surface area (Å²) in [6, 6.07) is 8.59. The number of hydrogen-bond donors (Lipinski definition) is 1. The SMILES string of the molecule is Cc1ccccc1NC(=O)N1[C@H](C)CCC[C@@H]1C. The van der Waals surface area contributed by atoms with Crippen molar-refractivity contribution in [3.05, 3.63) is 29.8 Å². The molecule has 18 heavy (non-hydrogen) atoms. The molecule has 3 heteroatoms. The monoisotopic (exact) mass is 246 g/mol. The van der Waals surface area contributed by atoms with Crippen LogP contribution in [0.25, 0.3) is 0 Å². The van der Waals surface area contributed by atoms with E-state index < -0.39 is 0 Å². The molecule has 98 valence electrons. The van der Waals surface area contributed by atoms with Crippen LogP contribution < -0.4 is 5.32 Å². The zero-order valence-electron chi connectivity index (χ0n) is 11.4. The molecule has 0 bridgehead atoms. The highest BCUT2D eigenvalue weighted by Gasteiger charge is 2.28. The molecule has 2 amide bonds. The smallest absolute Gasteiger partial charge is 0.319 e. The molecule has 1 aromatic rings. The molecule has 1 aliphatic rings. The first-order valence-corrected chi connectivity index (χ1v) is 6.74. The molecular weight excluding hydrogens is 224 g/mol. The first-order valence-electron chi connectivity index (χ1n) is 6.74. The fraction of sp³-hybridized carbons (Fsp3) is 0.533. The Labute approximate surface area is 109 Å². The molecule has 0 spiro atoms. The Morgan fingerprint density at radius 1 is 1.22 bits per heavy atom. The second-order valence-electron chi connectivity index (χ2n) is 5.28. The van der Waals surface area contributed by atoms with E-state index in [1.165, 1.54) is 6.42 Å². The molecule has 1 saturated heterocycles. The highest BCUT2D eigenvalue weighted by atomic mass is 16.2. The topological polar surface area (TPSA) is 32.3 Å². The van der Waals surface area contributed by atoms with E-state index >= 15 is 0 Å². The second-order valence-corrected chi connectivity index (χ2v) is 5.28. The number of nitrogens with zero attached hydrogens (tertiary/aromatic N) is 1. The third kappa shape index (κ3) is 2.66. The van der Waals surface area contributed by atoms with Crippen molar-refractivity contribution in [2.45, 2.75) is 52.1 Å². The summed E-state index contributed by atoms with van der Waals surface area (Å²) in [5.74, 6) is 0. The fourth-order valence-corrected chi connectivity index (χ4v) is 2.71. The first kappa shape index (κ1) is 12.9. The van der Waals surface area contributed by atoms with Crippen LogP contribution in [0.2, 0.25) is 0 Å². The molecule has 0 unspecified atom stereocenters. The molecule has 1 fully saturated rings. The van der Waals surface area contributed by atoms with Gasteiger partial charge in [0.1, 0.15) is 0 Å². The molecule has 0 aromatic heterocycles. The van der Waals surface area contributed by atoms with Gasteiger partial charge in [-0.2, -0.15) is 0 Å². The van der Waals surface area contributed by atoms with Gasteiger partial charge < -0.3 is 10.2 Å². The number of hydrogen-bond acceptors (Lipinski definition) is 1. The summed E-state index contributed by atoms with van der Waals surface area (Å²) in [6.45, 7) is 6.28. The molecule has 1 aromatic carbocycles. The third-order valence-electron chi connectivity index (χ3n) is 3.81. The molecule has 2 rings (SSSR count). The highest BCUT2D eigenvalue weighted by Crippen LogP contribution is 2.24. The number of para-hydroxylation sites is 1. The molecule has 1 heterocycles. The summed E-state index contributed by atoms with van der Waals surface area (Å²) >= 11 is 0. The van der Waals surface area contributed by atoms with E-state index in [1.54, 1.807) is 0 Å². The van der Waals surface area contributed by atoms with Crippen LogP contribution >= 0.6 is 0 Å². The van der Waals surface area contributed by atoms with Gasteiger partial charge in [0.2, 0.25) is 0 Å². The minimum absolute atomic E-state index is 0.0315. The predicted molar refractivity (Wildman–Crippen MR) is 74.8 cm³/mol. The molecule has 1 N–H and O–H groups in total. The second kappa shape index (κ2) is 5.42. The summed E-state index contributed by atoms with van der Waals surface area (Å²) in [5.41, 5.74) is 2.01. The van der Waals surface area contributed by atoms with Crippen LogP contribution in [-0.2, 0) is 0 Å². The van der Waals surface area contributed by atoms with E-state index in [0.717, 1.165) is 24.1 Å². The van der Waals surface area contributed by atoms with Crippen molar-refractivity contribution in [2.24, 2.45) is 0 Å². The van der Waals surface area contributed by atoms with Crippen molar-refractivity contribution >= 4 is 11.7 Å². The third-order valence-corrected chi connectivity index (χ3v) is 3.81. The van der Waals surface area contributed by atoms with Crippen molar-refractivity contribution in [1.29, 1.82) is 0 Å². The normalized spacial score (nSPS) is 23.8. The first-order chi connectivity index (χ1) is 8.59. The molecule has 0 aliphatic carbocycles. The molecule has 2 atom stereocenters. The van der Waals surface area contributed by atoms with Crippen LogP contribution in [0.4, 0.5) is 10.5 Å². The number of amides is 2. The van der Waals surface area contributed by atoms with Gasteiger partial charge in [-0.25, -0.2) is 4.79 Å². The summed E-state index contributed by atoms with van der Waals surface area (Å²) in [6.07, 6.45) is 3.42. The lowest BCUT2D eigenvalue weighted by atomic mass is 9.98. The molecule has 0 saturated carbocycles. The van der Waals surface area contributed by atoms with E-state index in [-0.39, 0.29) is 6.03 Å². The summed E-state index contributed by atoms with van der Waals surface area (Å²) < 4.78 is 0. The summed E-state index contributed by atoms with van der Waals surface area (Å²) in [4.78, 5) is 14.3. The predicted octanol–water partition coefficient (Wildman–Crippen LogP) is 3.79. The number of urea groups is 1. The summed E-state index contributed by atoms with van der Waals surface area (Å²) in [7, 11) is 0. The van der Waals surface area contributed by atoms with Gasteiger partial charge in [0.25, 0.3) is 0 Å². The number of likely N-dealkylation sites (tertiary alicyclic amines) is 1. The Balaban J connectivity index is 2.09. The van der Waals surface area contributed by atoms with Gasteiger partial charge in [0, 0.05) is 17.8 Å². The van der Waals surface area contributed by atoms with Crippen LogP contribution in [0.3, 0.4) is 0 Å². The van der Waals surface area contributed by atoms with Gasteiger partial charge in [-0.3, -0.25) is 0 Å². The van der Waals surface area contributed by atoms with Crippen LogP contribution in [0, 0.1) is 6.92 Å². The fourth-order valence-electron chi connectivity index (χ4n) is 2.71. The number of nitrogens with one attached hydrogen (secondary N) is 1. The van der Waals surface area contributed by atoms with Crippen LogP contribution in [0.5, 0.6) is 0 Å². The van der Waals surface area contributed by atoms with Crippen LogP contribution in [0.15, 0.2) is 24.3 Å². The van der Waals surface area contributed by atoms with Gasteiger partial charge in [-0.05, 0) is 51.7 Å². The van der Waals surface area contributed by atoms with E-state index in [0.29, 0.717) is 12.1 Å². The van der Waals surface area contributed by atoms with Crippen molar-refractivity contribution in [2.75, 3.05) is 5.32 Å². The number of piperidine rings is 1. The lowest BCUT2D eigenvalue weighted by molar-refractivity contribution is 0.133. The largest absolute Gasteiger partial charge is 0.322 e. The Hall–Kier alpha value is -1.51. The number of rotatable bonds is 1. The minimum atomic E-state index is 0.0315. The Bertz CT molecular complexity index is 420. The number of benzene rings is 1. The molecule has 3 nitrogen and oxygen atoms in total. The van der Waals surface area contributed by atoms with Gasteiger partial charge in [0.15, 0.2) is 0 Å². The van der Waals surface area contributed by atoms with Gasteiger partial charge in [-0.1, -0.05) is 18.2 Å². The Morgan fingerprint density at radius 3 is 2.44 bits per heavy atom. The van der Waals surface area contributed by atoms with Gasteiger partial charge >= 0.3 is 6.03 Å². The number of anilines is 1. The maximum absolute atomic E-state index is 12.4. The van der Waals surface area contributed by atoms with E-state index in [9.17, 15) is 4.79 Å². The van der Waals surface area contributed by atoms with Gasteiger partial charge in [-0.15, -0.1) is 0 Å².